The molecule has 7 heteroatoms. The predicted octanol–water partition coefficient (Wildman–Crippen LogP) is 1.85. The molecular formula is C15H17N5O2. The van der Waals surface area contributed by atoms with Gasteiger partial charge in [0.15, 0.2) is 11.3 Å². The minimum absolute atomic E-state index is 0.0351. The number of carboxylic acid groups (broad SMARTS) is 1. The van der Waals surface area contributed by atoms with Crippen LogP contribution < -0.4 is 4.90 Å². The number of nitriles is 1. The lowest BCUT2D eigenvalue weighted by Crippen LogP contribution is -2.34. The number of fused-ring (bicyclic) bond motifs is 3. The van der Waals surface area contributed by atoms with Crippen LogP contribution in [-0.2, 0) is 6.42 Å². The lowest BCUT2D eigenvalue weighted by molar-refractivity contribution is 0.0689. The van der Waals surface area contributed by atoms with Gasteiger partial charge in [0.25, 0.3) is 0 Å². The van der Waals surface area contributed by atoms with E-state index in [1.165, 1.54) is 6.20 Å². The van der Waals surface area contributed by atoms with Crippen LogP contribution in [0.15, 0.2) is 6.20 Å². The average Bonchev–Trinajstić information content (AvgIpc) is 3.11. The number of carbonyl (C=O) groups is 1. The van der Waals surface area contributed by atoms with Crippen LogP contribution in [0.5, 0.6) is 0 Å². The van der Waals surface area contributed by atoms with Gasteiger partial charge >= 0.3 is 5.97 Å². The molecule has 7 nitrogen and oxygen atoms in total. The molecule has 114 valence electrons. The Morgan fingerprint density at radius 1 is 1.50 bits per heavy atom. The SMILES string of the molecule is CCC(CC)N1CCc2c(C(=O)O)nc3c(C#N)cnn3c21. The first-order chi connectivity index (χ1) is 10.6. The fourth-order valence-corrected chi connectivity index (χ4v) is 3.22. The van der Waals surface area contributed by atoms with Crippen LogP contribution in [0.2, 0.25) is 0 Å². The van der Waals surface area contributed by atoms with Crippen molar-refractivity contribution in [2.45, 2.75) is 39.2 Å². The second-order valence-electron chi connectivity index (χ2n) is 5.39. The fourth-order valence-electron chi connectivity index (χ4n) is 3.22. The van der Waals surface area contributed by atoms with Crippen molar-refractivity contribution >= 4 is 17.4 Å². The Balaban J connectivity index is 2.31. The first kappa shape index (κ1) is 14.3. The van der Waals surface area contributed by atoms with Crippen molar-refractivity contribution in [3.05, 3.63) is 23.0 Å². The van der Waals surface area contributed by atoms with E-state index in [0.29, 0.717) is 29.2 Å². The standard InChI is InChI=1S/C15H17N5O2/c1-3-10(4-2)19-6-5-11-12(15(21)22)18-13-9(7-16)8-17-20(13)14(11)19/h8,10H,3-6H2,1-2H3,(H,21,22). The molecule has 0 radical (unpaired) electrons. The summed E-state index contributed by atoms with van der Waals surface area (Å²) in [6, 6.07) is 2.34. The minimum Gasteiger partial charge on any atom is -0.476 e. The van der Waals surface area contributed by atoms with Crippen molar-refractivity contribution < 1.29 is 9.90 Å². The molecule has 2 aromatic heterocycles. The van der Waals surface area contributed by atoms with Gasteiger partial charge in [0, 0.05) is 18.2 Å². The van der Waals surface area contributed by atoms with E-state index in [0.717, 1.165) is 25.2 Å². The van der Waals surface area contributed by atoms with Gasteiger partial charge in [0.1, 0.15) is 17.5 Å². The summed E-state index contributed by atoms with van der Waals surface area (Å²) in [6.45, 7) is 4.99. The van der Waals surface area contributed by atoms with Gasteiger partial charge in [-0.1, -0.05) is 13.8 Å². The zero-order valence-corrected chi connectivity index (χ0v) is 12.6. The van der Waals surface area contributed by atoms with E-state index >= 15 is 0 Å². The molecule has 0 aliphatic carbocycles. The molecule has 0 fully saturated rings. The molecule has 3 rings (SSSR count). The molecule has 0 saturated carbocycles. The summed E-state index contributed by atoms with van der Waals surface area (Å²) in [7, 11) is 0. The Hall–Kier alpha value is -2.62. The van der Waals surface area contributed by atoms with Crippen LogP contribution in [0.1, 0.15) is 48.3 Å². The van der Waals surface area contributed by atoms with E-state index in [9.17, 15) is 9.90 Å². The largest absolute Gasteiger partial charge is 0.476 e. The molecule has 0 unspecified atom stereocenters. The molecule has 0 atom stereocenters. The number of rotatable bonds is 4. The van der Waals surface area contributed by atoms with Crippen LogP contribution in [0.25, 0.3) is 5.65 Å². The Labute approximate surface area is 127 Å². The Kier molecular flexibility index (Phi) is 3.45. The number of carboxylic acids is 1. The highest BCUT2D eigenvalue weighted by Gasteiger charge is 2.32. The zero-order chi connectivity index (χ0) is 15.9. The predicted molar refractivity (Wildman–Crippen MR) is 80.1 cm³/mol. The van der Waals surface area contributed by atoms with Gasteiger partial charge in [0.2, 0.25) is 0 Å². The number of aromatic carboxylic acids is 1. The summed E-state index contributed by atoms with van der Waals surface area (Å²) in [4.78, 5) is 17.9. The summed E-state index contributed by atoms with van der Waals surface area (Å²) in [6.07, 6.45) is 4.01. The second-order valence-corrected chi connectivity index (χ2v) is 5.39. The first-order valence-corrected chi connectivity index (χ1v) is 7.42. The summed E-state index contributed by atoms with van der Waals surface area (Å²) < 4.78 is 1.62. The third kappa shape index (κ3) is 1.91. The van der Waals surface area contributed by atoms with Crippen LogP contribution >= 0.6 is 0 Å². The van der Waals surface area contributed by atoms with Gasteiger partial charge in [-0.15, -0.1) is 0 Å². The molecule has 2 aromatic rings. The molecule has 1 aliphatic rings. The lowest BCUT2D eigenvalue weighted by Gasteiger charge is -2.28. The van der Waals surface area contributed by atoms with Gasteiger partial charge < -0.3 is 10.0 Å². The molecule has 0 saturated heterocycles. The van der Waals surface area contributed by atoms with E-state index in [1.54, 1.807) is 4.52 Å². The molecule has 1 N–H and O–H groups in total. The number of nitrogens with zero attached hydrogens (tertiary/aromatic N) is 5. The Morgan fingerprint density at radius 2 is 2.23 bits per heavy atom. The number of aromatic nitrogens is 3. The molecule has 0 spiro atoms. The van der Waals surface area contributed by atoms with Crippen molar-refractivity contribution in [1.82, 2.24) is 14.6 Å². The van der Waals surface area contributed by atoms with E-state index < -0.39 is 5.97 Å². The summed E-state index contributed by atoms with van der Waals surface area (Å²) in [5, 5.41) is 22.9. The summed E-state index contributed by atoms with van der Waals surface area (Å²) in [5.74, 6) is -0.284. The number of hydrogen-bond acceptors (Lipinski definition) is 5. The first-order valence-electron chi connectivity index (χ1n) is 7.42. The smallest absolute Gasteiger partial charge is 0.355 e. The van der Waals surface area contributed by atoms with E-state index in [4.69, 9.17) is 5.26 Å². The number of hydrogen-bond donors (Lipinski definition) is 1. The maximum Gasteiger partial charge on any atom is 0.355 e. The zero-order valence-electron chi connectivity index (χ0n) is 12.6. The second kappa shape index (κ2) is 5.30. The quantitative estimate of drug-likeness (QED) is 0.925. The fraction of sp³-hybridized carbons (Fsp3) is 0.467. The Morgan fingerprint density at radius 3 is 2.82 bits per heavy atom. The van der Waals surface area contributed by atoms with Crippen molar-refractivity contribution in [2.75, 3.05) is 11.4 Å². The molecule has 3 heterocycles. The van der Waals surface area contributed by atoms with Gasteiger partial charge in [0.05, 0.1) is 6.20 Å². The monoisotopic (exact) mass is 299 g/mol. The Bertz CT molecular complexity index is 785. The molecule has 0 bridgehead atoms. The highest BCUT2D eigenvalue weighted by atomic mass is 16.4. The topological polar surface area (TPSA) is 94.5 Å². The number of anilines is 1. The van der Waals surface area contributed by atoms with Gasteiger partial charge in [-0.05, 0) is 19.3 Å². The van der Waals surface area contributed by atoms with Crippen molar-refractivity contribution in [1.29, 1.82) is 5.26 Å². The molecular weight excluding hydrogens is 282 g/mol. The average molecular weight is 299 g/mol. The summed E-state index contributed by atoms with van der Waals surface area (Å²) >= 11 is 0. The van der Waals surface area contributed by atoms with E-state index in [-0.39, 0.29) is 5.69 Å². The highest BCUT2D eigenvalue weighted by Crippen LogP contribution is 2.34. The third-order valence-corrected chi connectivity index (χ3v) is 4.30. The lowest BCUT2D eigenvalue weighted by atomic mass is 10.1. The van der Waals surface area contributed by atoms with E-state index in [2.05, 4.69) is 28.8 Å². The molecule has 22 heavy (non-hydrogen) atoms. The van der Waals surface area contributed by atoms with Crippen molar-refractivity contribution in [3.8, 4) is 6.07 Å². The van der Waals surface area contributed by atoms with Crippen LogP contribution in [-0.4, -0.2) is 38.3 Å². The molecule has 0 amide bonds. The van der Waals surface area contributed by atoms with Gasteiger partial charge in [-0.25, -0.2) is 9.78 Å². The maximum absolute atomic E-state index is 11.5. The van der Waals surface area contributed by atoms with Gasteiger partial charge in [-0.3, -0.25) is 0 Å². The molecule has 1 aliphatic heterocycles. The van der Waals surface area contributed by atoms with Crippen molar-refractivity contribution in [3.63, 3.8) is 0 Å². The maximum atomic E-state index is 11.5. The molecule has 0 aromatic carbocycles. The van der Waals surface area contributed by atoms with Gasteiger partial charge in [-0.2, -0.15) is 14.9 Å². The van der Waals surface area contributed by atoms with Crippen LogP contribution in [0.4, 0.5) is 5.82 Å². The minimum atomic E-state index is -1.06. The highest BCUT2D eigenvalue weighted by molar-refractivity contribution is 5.90. The van der Waals surface area contributed by atoms with E-state index in [1.807, 2.05) is 6.07 Å². The van der Waals surface area contributed by atoms with Crippen molar-refractivity contribution in [2.24, 2.45) is 0 Å². The van der Waals surface area contributed by atoms with Crippen LogP contribution in [0, 0.1) is 11.3 Å². The third-order valence-electron chi connectivity index (χ3n) is 4.30. The van der Waals surface area contributed by atoms with Crippen LogP contribution in [0.3, 0.4) is 0 Å². The normalized spacial score (nSPS) is 13.6. The summed E-state index contributed by atoms with van der Waals surface area (Å²) in [5.41, 5.74) is 1.35.